The van der Waals surface area contributed by atoms with E-state index >= 15 is 0 Å². The van der Waals surface area contributed by atoms with E-state index in [1.165, 1.54) is 6.07 Å². The zero-order valence-corrected chi connectivity index (χ0v) is 11.7. The molecule has 1 aromatic heterocycles. The molecule has 3 N–H and O–H groups in total. The summed E-state index contributed by atoms with van der Waals surface area (Å²) in [5.74, 6) is 5.19. The van der Waals surface area contributed by atoms with Crippen molar-refractivity contribution in [2.75, 3.05) is 0 Å². The molecule has 6 heteroatoms. The Hall–Kier alpha value is -2.08. The molecule has 4 nitrogen and oxygen atoms in total. The van der Waals surface area contributed by atoms with Crippen LogP contribution in [0.15, 0.2) is 48.8 Å². The third kappa shape index (κ3) is 2.71. The van der Waals surface area contributed by atoms with Gasteiger partial charge in [-0.1, -0.05) is 23.7 Å². The van der Waals surface area contributed by atoms with E-state index < -0.39 is 11.9 Å². The average Bonchev–Trinajstić information content (AvgIpc) is 2.50. The highest BCUT2D eigenvalue weighted by atomic mass is 35.5. The molecule has 0 saturated carbocycles. The first-order chi connectivity index (χ1) is 10.2. The van der Waals surface area contributed by atoms with E-state index in [4.69, 9.17) is 17.4 Å². The van der Waals surface area contributed by atoms with Crippen LogP contribution in [0.3, 0.4) is 0 Å². The van der Waals surface area contributed by atoms with Gasteiger partial charge >= 0.3 is 0 Å². The van der Waals surface area contributed by atoms with E-state index in [2.05, 4.69) is 15.4 Å². The van der Waals surface area contributed by atoms with Crippen molar-refractivity contribution in [2.45, 2.75) is 6.04 Å². The van der Waals surface area contributed by atoms with Crippen molar-refractivity contribution < 1.29 is 4.39 Å². The van der Waals surface area contributed by atoms with Gasteiger partial charge in [0.25, 0.3) is 0 Å². The maximum absolute atomic E-state index is 14.1. The molecule has 0 aliphatic heterocycles. The van der Waals surface area contributed by atoms with Crippen molar-refractivity contribution >= 4 is 22.6 Å². The Labute approximate surface area is 125 Å². The summed E-state index contributed by atoms with van der Waals surface area (Å²) in [5.41, 5.74) is 5.35. The van der Waals surface area contributed by atoms with Gasteiger partial charge in [0.05, 0.1) is 17.1 Å². The van der Waals surface area contributed by atoms with Gasteiger partial charge < -0.3 is 0 Å². The summed E-state index contributed by atoms with van der Waals surface area (Å²) in [6.45, 7) is 0. The SMILES string of the molecule is NNC(c1ccc2nccnc2c1)c1ccc(Cl)cc1F. The topological polar surface area (TPSA) is 63.8 Å². The third-order valence-corrected chi connectivity index (χ3v) is 3.50. The molecule has 106 valence electrons. The highest BCUT2D eigenvalue weighted by Crippen LogP contribution is 2.27. The number of hydrazine groups is 1. The number of benzene rings is 2. The molecule has 0 radical (unpaired) electrons. The predicted octanol–water partition coefficient (Wildman–Crippen LogP) is 2.98. The van der Waals surface area contributed by atoms with Crippen LogP contribution in [-0.4, -0.2) is 9.97 Å². The maximum atomic E-state index is 14.1. The molecule has 1 atom stereocenters. The van der Waals surface area contributed by atoms with E-state index in [-0.39, 0.29) is 0 Å². The zero-order chi connectivity index (χ0) is 14.8. The Kier molecular flexibility index (Phi) is 3.79. The summed E-state index contributed by atoms with van der Waals surface area (Å²) in [4.78, 5) is 8.45. The quantitative estimate of drug-likeness (QED) is 0.577. The van der Waals surface area contributed by atoms with Gasteiger partial charge in [-0.3, -0.25) is 15.8 Å². The number of hydrogen-bond acceptors (Lipinski definition) is 4. The van der Waals surface area contributed by atoms with E-state index in [0.29, 0.717) is 10.6 Å². The Morgan fingerprint density at radius 3 is 2.52 bits per heavy atom. The zero-order valence-electron chi connectivity index (χ0n) is 10.9. The predicted molar refractivity (Wildman–Crippen MR) is 80.1 cm³/mol. The Bertz CT molecular complexity index is 793. The Balaban J connectivity index is 2.09. The molecule has 2 aromatic carbocycles. The van der Waals surface area contributed by atoms with Crippen LogP contribution >= 0.6 is 11.6 Å². The second-order valence-electron chi connectivity index (χ2n) is 4.57. The summed E-state index contributed by atoms with van der Waals surface area (Å²) in [7, 11) is 0. The van der Waals surface area contributed by atoms with Gasteiger partial charge in [-0.05, 0) is 29.8 Å². The summed E-state index contributed by atoms with van der Waals surface area (Å²) >= 11 is 5.78. The van der Waals surface area contributed by atoms with Crippen molar-refractivity contribution in [1.82, 2.24) is 15.4 Å². The molecule has 1 heterocycles. The standard InChI is InChI=1S/C15H12ClFN4/c16-10-2-3-11(12(17)8-10)15(21-18)9-1-4-13-14(7-9)20-6-5-19-13/h1-8,15,21H,18H2. The van der Waals surface area contributed by atoms with Gasteiger partial charge in [0.15, 0.2) is 0 Å². The van der Waals surface area contributed by atoms with Gasteiger partial charge in [0, 0.05) is 23.0 Å². The summed E-state index contributed by atoms with van der Waals surface area (Å²) in [5, 5.41) is 0.344. The lowest BCUT2D eigenvalue weighted by Gasteiger charge is -2.18. The molecule has 1 unspecified atom stereocenters. The second-order valence-corrected chi connectivity index (χ2v) is 5.01. The number of nitrogens with zero attached hydrogens (tertiary/aromatic N) is 2. The minimum absolute atomic E-state index is 0.344. The normalized spacial score (nSPS) is 12.5. The lowest BCUT2D eigenvalue weighted by atomic mass is 9.98. The van der Waals surface area contributed by atoms with Gasteiger partial charge in [-0.25, -0.2) is 9.82 Å². The van der Waals surface area contributed by atoms with E-state index in [0.717, 1.165) is 16.6 Å². The fourth-order valence-corrected chi connectivity index (χ4v) is 2.42. The van der Waals surface area contributed by atoms with Gasteiger partial charge in [-0.15, -0.1) is 0 Å². The van der Waals surface area contributed by atoms with Crippen LogP contribution in [-0.2, 0) is 0 Å². The smallest absolute Gasteiger partial charge is 0.129 e. The lowest BCUT2D eigenvalue weighted by Crippen LogP contribution is -2.29. The van der Waals surface area contributed by atoms with Crippen LogP contribution in [0.25, 0.3) is 11.0 Å². The Morgan fingerprint density at radius 2 is 1.81 bits per heavy atom. The summed E-state index contributed by atoms with van der Waals surface area (Å²) < 4.78 is 14.1. The molecule has 0 bridgehead atoms. The number of aromatic nitrogens is 2. The summed E-state index contributed by atoms with van der Waals surface area (Å²) in [6.07, 6.45) is 3.24. The first-order valence-electron chi connectivity index (χ1n) is 6.31. The van der Waals surface area contributed by atoms with Crippen LogP contribution < -0.4 is 11.3 Å². The largest absolute Gasteiger partial charge is 0.271 e. The first kappa shape index (κ1) is 13.9. The molecule has 0 spiro atoms. The molecular weight excluding hydrogens is 291 g/mol. The van der Waals surface area contributed by atoms with Crippen molar-refractivity contribution in [1.29, 1.82) is 0 Å². The van der Waals surface area contributed by atoms with Crippen LogP contribution in [0.4, 0.5) is 4.39 Å². The molecule has 3 aromatic rings. The van der Waals surface area contributed by atoms with Crippen molar-refractivity contribution in [3.63, 3.8) is 0 Å². The van der Waals surface area contributed by atoms with Gasteiger partial charge in [-0.2, -0.15) is 0 Å². The molecule has 0 aliphatic rings. The number of nitrogens with one attached hydrogen (secondary N) is 1. The van der Waals surface area contributed by atoms with Crippen molar-refractivity contribution in [3.05, 3.63) is 70.8 Å². The monoisotopic (exact) mass is 302 g/mol. The van der Waals surface area contributed by atoms with Crippen molar-refractivity contribution in [3.8, 4) is 0 Å². The van der Waals surface area contributed by atoms with E-state index in [9.17, 15) is 4.39 Å². The summed E-state index contributed by atoms with van der Waals surface area (Å²) in [6, 6.07) is 9.52. The minimum atomic E-state index is -0.492. The first-order valence-corrected chi connectivity index (χ1v) is 6.68. The fourth-order valence-electron chi connectivity index (χ4n) is 2.26. The molecule has 0 aliphatic carbocycles. The number of nitrogens with two attached hydrogens (primary N) is 1. The second kappa shape index (κ2) is 5.73. The molecule has 3 rings (SSSR count). The molecular formula is C15H12ClFN4. The number of halogens is 2. The Morgan fingerprint density at radius 1 is 1.05 bits per heavy atom. The lowest BCUT2D eigenvalue weighted by molar-refractivity contribution is 0.560. The van der Waals surface area contributed by atoms with Crippen LogP contribution in [0.5, 0.6) is 0 Å². The average molecular weight is 303 g/mol. The number of rotatable bonds is 3. The molecule has 21 heavy (non-hydrogen) atoms. The highest BCUT2D eigenvalue weighted by molar-refractivity contribution is 6.30. The van der Waals surface area contributed by atoms with Gasteiger partial charge in [0.1, 0.15) is 5.82 Å². The number of fused-ring (bicyclic) bond motifs is 1. The van der Waals surface area contributed by atoms with E-state index in [1.54, 1.807) is 24.5 Å². The van der Waals surface area contributed by atoms with Crippen LogP contribution in [0.1, 0.15) is 17.2 Å². The van der Waals surface area contributed by atoms with Crippen LogP contribution in [0.2, 0.25) is 5.02 Å². The van der Waals surface area contributed by atoms with E-state index in [1.807, 2.05) is 18.2 Å². The maximum Gasteiger partial charge on any atom is 0.129 e. The highest BCUT2D eigenvalue weighted by Gasteiger charge is 2.17. The molecule has 0 saturated heterocycles. The van der Waals surface area contributed by atoms with Crippen LogP contribution in [0, 0.1) is 5.82 Å². The minimum Gasteiger partial charge on any atom is -0.271 e. The number of hydrogen-bond donors (Lipinski definition) is 2. The fraction of sp³-hybridized carbons (Fsp3) is 0.0667. The van der Waals surface area contributed by atoms with Gasteiger partial charge in [0.2, 0.25) is 0 Å². The molecule has 0 amide bonds. The molecule has 0 fully saturated rings. The van der Waals surface area contributed by atoms with Crippen molar-refractivity contribution in [2.24, 2.45) is 5.84 Å². The third-order valence-electron chi connectivity index (χ3n) is 3.27.